The monoisotopic (exact) mass is 157 g/mol. The van der Waals surface area contributed by atoms with Gasteiger partial charge in [-0.2, -0.15) is 0 Å². The van der Waals surface area contributed by atoms with E-state index in [1.807, 2.05) is 0 Å². The summed E-state index contributed by atoms with van der Waals surface area (Å²) in [4.78, 5) is 0. The van der Waals surface area contributed by atoms with Crippen LogP contribution in [-0.4, -0.2) is 18.8 Å². The quantitative estimate of drug-likeness (QED) is 0.624. The molecule has 1 aliphatic heterocycles. The van der Waals surface area contributed by atoms with E-state index in [1.54, 1.807) is 0 Å². The molecule has 0 aromatic heterocycles. The van der Waals surface area contributed by atoms with Gasteiger partial charge in [-0.1, -0.05) is 20.8 Å². The molecule has 2 heteroatoms. The van der Waals surface area contributed by atoms with Crippen molar-refractivity contribution >= 4 is 0 Å². The first kappa shape index (κ1) is 9.01. The second-order valence-electron chi connectivity index (χ2n) is 4.05. The van der Waals surface area contributed by atoms with Gasteiger partial charge in [0.25, 0.3) is 0 Å². The van der Waals surface area contributed by atoms with Gasteiger partial charge in [0.1, 0.15) is 0 Å². The fraction of sp³-hybridized carbons (Fsp3) is 1.00. The molecule has 0 aromatic carbocycles. The summed E-state index contributed by atoms with van der Waals surface area (Å²) in [5.74, 6) is 1.19. The Balaban J connectivity index is 2.44. The van der Waals surface area contributed by atoms with Crippen LogP contribution in [0.3, 0.4) is 0 Å². The molecule has 1 aliphatic rings. The molecule has 0 aliphatic carbocycles. The average molecular weight is 157 g/mol. The Morgan fingerprint density at radius 3 is 2.55 bits per heavy atom. The third-order valence-electron chi connectivity index (χ3n) is 2.33. The second-order valence-corrected chi connectivity index (χ2v) is 4.05. The zero-order chi connectivity index (χ0) is 8.43. The zero-order valence-corrected chi connectivity index (χ0v) is 7.71. The lowest BCUT2D eigenvalue weighted by atomic mass is 9.90. The minimum absolute atomic E-state index is 0.249. The van der Waals surface area contributed by atoms with Crippen molar-refractivity contribution < 1.29 is 4.74 Å². The minimum atomic E-state index is 0.249. The van der Waals surface area contributed by atoms with Gasteiger partial charge in [-0.3, -0.25) is 0 Å². The van der Waals surface area contributed by atoms with E-state index in [9.17, 15) is 0 Å². The van der Waals surface area contributed by atoms with E-state index in [4.69, 9.17) is 10.5 Å². The van der Waals surface area contributed by atoms with E-state index >= 15 is 0 Å². The van der Waals surface area contributed by atoms with Gasteiger partial charge in [-0.05, 0) is 18.3 Å². The number of rotatable bonds is 1. The Kier molecular flexibility index (Phi) is 2.90. The molecule has 1 fully saturated rings. The molecular formula is C9H19NO. The molecule has 0 aromatic rings. The van der Waals surface area contributed by atoms with Crippen LogP contribution in [0.15, 0.2) is 0 Å². The van der Waals surface area contributed by atoms with Crippen LogP contribution < -0.4 is 5.73 Å². The molecule has 1 saturated heterocycles. The second kappa shape index (κ2) is 3.55. The Morgan fingerprint density at radius 1 is 1.45 bits per heavy atom. The van der Waals surface area contributed by atoms with Gasteiger partial charge in [0.05, 0.1) is 6.10 Å². The van der Waals surface area contributed by atoms with Gasteiger partial charge in [0.2, 0.25) is 0 Å². The summed E-state index contributed by atoms with van der Waals surface area (Å²) in [7, 11) is 0. The smallest absolute Gasteiger partial charge is 0.0748 e. The van der Waals surface area contributed by atoms with Crippen LogP contribution >= 0.6 is 0 Å². The third kappa shape index (κ3) is 2.17. The first-order valence-electron chi connectivity index (χ1n) is 4.48. The summed E-state index contributed by atoms with van der Waals surface area (Å²) >= 11 is 0. The highest BCUT2D eigenvalue weighted by Gasteiger charge is 2.28. The number of ether oxygens (including phenoxy) is 1. The Hall–Kier alpha value is -0.0800. The van der Waals surface area contributed by atoms with Crippen molar-refractivity contribution in [2.75, 3.05) is 6.61 Å². The van der Waals surface area contributed by atoms with Crippen LogP contribution in [0.2, 0.25) is 0 Å². The predicted octanol–water partition coefficient (Wildman–Crippen LogP) is 1.39. The van der Waals surface area contributed by atoms with E-state index < -0.39 is 0 Å². The van der Waals surface area contributed by atoms with Gasteiger partial charge in [0, 0.05) is 12.6 Å². The number of hydrogen-bond acceptors (Lipinski definition) is 2. The van der Waals surface area contributed by atoms with Crippen molar-refractivity contribution in [3.63, 3.8) is 0 Å². The number of hydrogen-bond donors (Lipinski definition) is 1. The molecule has 11 heavy (non-hydrogen) atoms. The van der Waals surface area contributed by atoms with Crippen molar-refractivity contribution in [2.45, 2.75) is 39.3 Å². The van der Waals surface area contributed by atoms with Crippen molar-refractivity contribution in [2.24, 2.45) is 17.6 Å². The van der Waals surface area contributed by atoms with Crippen LogP contribution in [0.5, 0.6) is 0 Å². The lowest BCUT2D eigenvalue weighted by Crippen LogP contribution is -2.46. The molecule has 0 spiro atoms. The molecule has 1 heterocycles. The number of nitrogens with two attached hydrogens (primary N) is 1. The summed E-state index contributed by atoms with van der Waals surface area (Å²) in [6, 6.07) is 0.249. The first-order chi connectivity index (χ1) is 5.11. The molecule has 1 rings (SSSR count). The Bertz CT molecular complexity index is 125. The fourth-order valence-corrected chi connectivity index (χ4v) is 1.75. The zero-order valence-electron chi connectivity index (χ0n) is 7.71. The van der Waals surface area contributed by atoms with Crippen LogP contribution in [0.1, 0.15) is 27.2 Å². The maximum absolute atomic E-state index is 5.95. The molecule has 0 radical (unpaired) electrons. The van der Waals surface area contributed by atoms with Crippen LogP contribution in [-0.2, 0) is 4.74 Å². The van der Waals surface area contributed by atoms with Gasteiger partial charge in [0.15, 0.2) is 0 Å². The highest BCUT2D eigenvalue weighted by atomic mass is 16.5. The fourth-order valence-electron chi connectivity index (χ4n) is 1.75. The lowest BCUT2D eigenvalue weighted by Gasteiger charge is -2.35. The normalized spacial score (nSPS) is 39.5. The minimum Gasteiger partial charge on any atom is -0.376 e. The summed E-state index contributed by atoms with van der Waals surface area (Å²) in [6.45, 7) is 7.41. The van der Waals surface area contributed by atoms with E-state index in [0.717, 1.165) is 13.0 Å². The van der Waals surface area contributed by atoms with E-state index in [0.29, 0.717) is 11.8 Å². The summed E-state index contributed by atoms with van der Waals surface area (Å²) in [5.41, 5.74) is 5.95. The van der Waals surface area contributed by atoms with Gasteiger partial charge < -0.3 is 10.5 Å². The lowest BCUT2D eigenvalue weighted by molar-refractivity contribution is -0.0485. The van der Waals surface area contributed by atoms with Gasteiger partial charge in [-0.25, -0.2) is 0 Å². The molecule has 0 unspecified atom stereocenters. The Labute approximate surface area is 69.1 Å². The molecule has 3 atom stereocenters. The van der Waals surface area contributed by atoms with Crippen molar-refractivity contribution in [1.82, 2.24) is 0 Å². The van der Waals surface area contributed by atoms with E-state index in [2.05, 4.69) is 20.8 Å². The van der Waals surface area contributed by atoms with Crippen molar-refractivity contribution in [1.29, 1.82) is 0 Å². The maximum Gasteiger partial charge on any atom is 0.0748 e. The largest absolute Gasteiger partial charge is 0.376 e. The molecule has 0 saturated carbocycles. The summed E-state index contributed by atoms with van der Waals surface area (Å²) in [6.07, 6.45) is 1.40. The van der Waals surface area contributed by atoms with Crippen LogP contribution in [0.25, 0.3) is 0 Å². The molecule has 0 bridgehead atoms. The van der Waals surface area contributed by atoms with Crippen LogP contribution in [0.4, 0.5) is 0 Å². The molecule has 66 valence electrons. The summed E-state index contributed by atoms with van der Waals surface area (Å²) in [5, 5.41) is 0. The molecule has 2 N–H and O–H groups in total. The highest BCUT2D eigenvalue weighted by Crippen LogP contribution is 2.22. The molecule has 2 nitrogen and oxygen atoms in total. The first-order valence-corrected chi connectivity index (χ1v) is 4.48. The molecular weight excluding hydrogens is 138 g/mol. The van der Waals surface area contributed by atoms with Gasteiger partial charge >= 0.3 is 0 Å². The van der Waals surface area contributed by atoms with Crippen LogP contribution in [0, 0.1) is 11.8 Å². The average Bonchev–Trinajstić information content (AvgIpc) is 1.85. The topological polar surface area (TPSA) is 35.2 Å². The third-order valence-corrected chi connectivity index (χ3v) is 2.33. The molecule has 0 amide bonds. The maximum atomic E-state index is 5.95. The van der Waals surface area contributed by atoms with Crippen molar-refractivity contribution in [3.05, 3.63) is 0 Å². The van der Waals surface area contributed by atoms with Gasteiger partial charge in [-0.15, -0.1) is 0 Å². The highest BCUT2D eigenvalue weighted by molar-refractivity contribution is 4.82. The Morgan fingerprint density at radius 2 is 2.09 bits per heavy atom. The van der Waals surface area contributed by atoms with E-state index in [1.165, 1.54) is 0 Å². The van der Waals surface area contributed by atoms with E-state index in [-0.39, 0.29) is 12.1 Å². The summed E-state index contributed by atoms with van der Waals surface area (Å²) < 4.78 is 5.64. The SMILES string of the molecule is CC(C)[C@H]1OC[C@@H](C)C[C@@H]1N. The standard InChI is InChI=1S/C9H19NO/c1-6(2)9-8(10)4-7(3)5-11-9/h6-9H,4-5,10H2,1-3H3/t7-,8-,9+/m0/s1. The predicted molar refractivity (Wildman–Crippen MR) is 46.3 cm³/mol. The van der Waals surface area contributed by atoms with Crippen molar-refractivity contribution in [3.8, 4) is 0 Å².